The highest BCUT2D eigenvalue weighted by Gasteiger charge is 2.16. The molecule has 0 unspecified atom stereocenters. The molecule has 88 valence electrons. The highest BCUT2D eigenvalue weighted by atomic mass is 79.9. The van der Waals surface area contributed by atoms with Crippen LogP contribution < -0.4 is 10.6 Å². The van der Waals surface area contributed by atoms with Crippen molar-refractivity contribution in [1.82, 2.24) is 0 Å². The zero-order valence-electron chi connectivity index (χ0n) is 9.18. The van der Waals surface area contributed by atoms with Crippen molar-refractivity contribution in [3.05, 3.63) is 45.1 Å². The molecule has 1 aromatic carbocycles. The predicted molar refractivity (Wildman–Crippen MR) is 75.6 cm³/mol. The van der Waals surface area contributed by atoms with Gasteiger partial charge in [-0.05, 0) is 34.1 Å². The Morgan fingerprint density at radius 1 is 1.41 bits per heavy atom. The van der Waals surface area contributed by atoms with Crippen LogP contribution in [0.2, 0.25) is 0 Å². The number of halogens is 1. The number of nitrogens with zero attached hydrogens (tertiary/aromatic N) is 1. The third kappa shape index (κ3) is 2.50. The summed E-state index contributed by atoms with van der Waals surface area (Å²) in [7, 11) is 1.72. The number of amides is 1. The highest BCUT2D eigenvalue weighted by molar-refractivity contribution is 9.11. The van der Waals surface area contributed by atoms with Gasteiger partial charge in [0.1, 0.15) is 0 Å². The van der Waals surface area contributed by atoms with Gasteiger partial charge >= 0.3 is 0 Å². The first kappa shape index (κ1) is 12.1. The van der Waals surface area contributed by atoms with E-state index in [1.54, 1.807) is 18.0 Å². The van der Waals surface area contributed by atoms with Crippen LogP contribution in [-0.4, -0.2) is 13.0 Å². The number of benzene rings is 1. The van der Waals surface area contributed by atoms with Gasteiger partial charge in [0.05, 0.1) is 20.7 Å². The van der Waals surface area contributed by atoms with Crippen LogP contribution in [0.15, 0.2) is 39.5 Å². The highest BCUT2D eigenvalue weighted by Crippen LogP contribution is 2.26. The molecule has 1 heterocycles. The molecule has 0 radical (unpaired) electrons. The van der Waals surface area contributed by atoms with Crippen molar-refractivity contribution in [2.24, 2.45) is 0 Å². The molecule has 3 nitrogen and oxygen atoms in total. The number of nitrogen functional groups attached to an aromatic ring is 1. The van der Waals surface area contributed by atoms with Crippen LogP contribution in [0, 0.1) is 0 Å². The van der Waals surface area contributed by atoms with Gasteiger partial charge in [-0.25, -0.2) is 0 Å². The Hall–Kier alpha value is -1.33. The third-order valence-electron chi connectivity index (χ3n) is 2.42. The van der Waals surface area contributed by atoms with Crippen molar-refractivity contribution in [1.29, 1.82) is 0 Å². The van der Waals surface area contributed by atoms with Gasteiger partial charge in [-0.1, -0.05) is 12.1 Å². The summed E-state index contributed by atoms with van der Waals surface area (Å²) in [4.78, 5) is 13.7. The molecule has 17 heavy (non-hydrogen) atoms. The molecule has 0 spiro atoms. The molecule has 1 aromatic heterocycles. The molecular formula is C12H11BrN2OS. The zero-order chi connectivity index (χ0) is 12.4. The lowest BCUT2D eigenvalue weighted by atomic mass is 10.2. The SMILES string of the molecule is CN(C(=O)c1csc(Br)c1)c1ccccc1N. The first-order valence-electron chi connectivity index (χ1n) is 4.96. The van der Waals surface area contributed by atoms with E-state index >= 15 is 0 Å². The summed E-state index contributed by atoms with van der Waals surface area (Å²) in [6, 6.07) is 9.12. The Morgan fingerprint density at radius 3 is 2.71 bits per heavy atom. The van der Waals surface area contributed by atoms with E-state index in [2.05, 4.69) is 15.9 Å². The normalized spacial score (nSPS) is 10.2. The van der Waals surface area contributed by atoms with Crippen molar-refractivity contribution in [3.63, 3.8) is 0 Å². The molecule has 0 aliphatic rings. The minimum atomic E-state index is -0.0650. The molecule has 0 aliphatic carbocycles. The van der Waals surface area contributed by atoms with Crippen molar-refractivity contribution in [2.45, 2.75) is 0 Å². The smallest absolute Gasteiger partial charge is 0.258 e. The number of carbonyl (C=O) groups excluding carboxylic acids is 1. The number of carbonyl (C=O) groups is 1. The maximum absolute atomic E-state index is 12.2. The fourth-order valence-corrected chi connectivity index (χ4v) is 2.65. The van der Waals surface area contributed by atoms with E-state index in [-0.39, 0.29) is 5.91 Å². The Kier molecular flexibility index (Phi) is 3.49. The van der Waals surface area contributed by atoms with Gasteiger partial charge in [0, 0.05) is 12.4 Å². The maximum atomic E-state index is 12.2. The van der Waals surface area contributed by atoms with Crippen molar-refractivity contribution in [3.8, 4) is 0 Å². The van der Waals surface area contributed by atoms with E-state index < -0.39 is 0 Å². The molecule has 0 atom stereocenters. The van der Waals surface area contributed by atoms with Gasteiger partial charge < -0.3 is 10.6 Å². The van der Waals surface area contributed by atoms with E-state index in [4.69, 9.17) is 5.73 Å². The van der Waals surface area contributed by atoms with Crippen molar-refractivity contribution < 1.29 is 4.79 Å². The van der Waals surface area contributed by atoms with E-state index in [0.29, 0.717) is 11.3 Å². The number of nitrogens with two attached hydrogens (primary N) is 1. The molecule has 5 heteroatoms. The summed E-state index contributed by atoms with van der Waals surface area (Å²) in [5.74, 6) is -0.0650. The zero-order valence-corrected chi connectivity index (χ0v) is 11.6. The first-order chi connectivity index (χ1) is 8.09. The number of hydrogen-bond donors (Lipinski definition) is 1. The average molecular weight is 311 g/mol. The molecule has 0 bridgehead atoms. The van der Waals surface area contributed by atoms with Gasteiger partial charge in [0.25, 0.3) is 5.91 Å². The Morgan fingerprint density at radius 2 is 2.12 bits per heavy atom. The standard InChI is InChI=1S/C12H11BrN2OS/c1-15(10-5-3-2-4-9(10)14)12(16)8-6-11(13)17-7-8/h2-7H,14H2,1H3. The van der Waals surface area contributed by atoms with Gasteiger partial charge in [-0.2, -0.15) is 0 Å². The quantitative estimate of drug-likeness (QED) is 0.864. The number of rotatable bonds is 2. The largest absolute Gasteiger partial charge is 0.397 e. The van der Waals surface area contributed by atoms with Crippen LogP contribution in [0.3, 0.4) is 0 Å². The first-order valence-corrected chi connectivity index (χ1v) is 6.63. The molecule has 0 fully saturated rings. The molecule has 0 aliphatic heterocycles. The van der Waals surface area contributed by atoms with Crippen LogP contribution >= 0.6 is 27.3 Å². The van der Waals surface area contributed by atoms with Crippen molar-refractivity contribution >= 4 is 44.5 Å². The second kappa shape index (κ2) is 4.89. The van der Waals surface area contributed by atoms with E-state index in [1.165, 1.54) is 11.3 Å². The lowest BCUT2D eigenvalue weighted by molar-refractivity contribution is 0.0993. The summed E-state index contributed by atoms with van der Waals surface area (Å²) >= 11 is 4.83. The Labute approximate surface area is 112 Å². The average Bonchev–Trinajstić information content (AvgIpc) is 2.75. The van der Waals surface area contributed by atoms with Crippen LogP contribution in [0.4, 0.5) is 11.4 Å². The van der Waals surface area contributed by atoms with E-state index in [9.17, 15) is 4.79 Å². The lowest BCUT2D eigenvalue weighted by Gasteiger charge is -2.18. The molecule has 2 aromatic rings. The fraction of sp³-hybridized carbons (Fsp3) is 0.0833. The monoisotopic (exact) mass is 310 g/mol. The molecule has 1 amide bonds. The number of hydrogen-bond acceptors (Lipinski definition) is 3. The molecule has 2 N–H and O–H groups in total. The second-order valence-electron chi connectivity index (χ2n) is 3.56. The molecule has 0 saturated carbocycles. The molecule has 0 saturated heterocycles. The Bertz CT molecular complexity index is 553. The van der Waals surface area contributed by atoms with Gasteiger partial charge in [0.2, 0.25) is 0 Å². The molecular weight excluding hydrogens is 300 g/mol. The minimum Gasteiger partial charge on any atom is -0.397 e. The number of thiophene rings is 1. The van der Waals surface area contributed by atoms with E-state index in [0.717, 1.165) is 9.47 Å². The predicted octanol–water partition coefficient (Wildman–Crippen LogP) is 3.37. The number of para-hydroxylation sites is 2. The number of anilines is 2. The van der Waals surface area contributed by atoms with Crippen molar-refractivity contribution in [2.75, 3.05) is 17.7 Å². The van der Waals surface area contributed by atoms with E-state index in [1.807, 2.05) is 29.6 Å². The van der Waals surface area contributed by atoms with Gasteiger partial charge in [-0.15, -0.1) is 11.3 Å². The van der Waals surface area contributed by atoms with Gasteiger partial charge in [0.15, 0.2) is 0 Å². The molecule has 2 rings (SSSR count). The topological polar surface area (TPSA) is 46.3 Å². The lowest BCUT2D eigenvalue weighted by Crippen LogP contribution is -2.26. The third-order valence-corrected chi connectivity index (χ3v) is 3.92. The van der Waals surface area contributed by atoms with Crippen LogP contribution in [0.25, 0.3) is 0 Å². The van der Waals surface area contributed by atoms with Gasteiger partial charge in [-0.3, -0.25) is 4.79 Å². The van der Waals surface area contributed by atoms with Crippen LogP contribution in [-0.2, 0) is 0 Å². The minimum absolute atomic E-state index is 0.0650. The fourth-order valence-electron chi connectivity index (χ4n) is 1.52. The maximum Gasteiger partial charge on any atom is 0.258 e. The Balaban J connectivity index is 2.29. The summed E-state index contributed by atoms with van der Waals surface area (Å²) in [6.45, 7) is 0. The summed E-state index contributed by atoms with van der Waals surface area (Å²) in [6.07, 6.45) is 0. The second-order valence-corrected chi connectivity index (χ2v) is 5.85. The summed E-state index contributed by atoms with van der Waals surface area (Å²) in [5.41, 5.74) is 7.82. The van der Waals surface area contributed by atoms with Crippen LogP contribution in [0.5, 0.6) is 0 Å². The van der Waals surface area contributed by atoms with Crippen LogP contribution in [0.1, 0.15) is 10.4 Å². The summed E-state index contributed by atoms with van der Waals surface area (Å²) in [5, 5.41) is 1.82. The summed E-state index contributed by atoms with van der Waals surface area (Å²) < 4.78 is 0.940.